The Kier molecular flexibility index (Phi) is 3.84. The van der Waals surface area contributed by atoms with Gasteiger partial charge >= 0.3 is 0 Å². The molecular weight excluding hydrogens is 284 g/mol. The first-order valence-electron chi connectivity index (χ1n) is 9.38. The van der Waals surface area contributed by atoms with Crippen LogP contribution in [-0.2, 0) is 4.79 Å². The summed E-state index contributed by atoms with van der Waals surface area (Å²) in [5.41, 5.74) is 6.58. The minimum absolute atomic E-state index is 0.305. The highest BCUT2D eigenvalue weighted by Crippen LogP contribution is 2.59. The molecule has 0 spiro atoms. The minimum atomic E-state index is 0.305. The number of hydrogen-bond acceptors (Lipinski definition) is 2. The van der Waals surface area contributed by atoms with Crippen molar-refractivity contribution in [1.29, 1.82) is 0 Å². The van der Waals surface area contributed by atoms with E-state index in [1.165, 1.54) is 31.3 Å². The summed E-state index contributed by atoms with van der Waals surface area (Å²) >= 11 is 0. The van der Waals surface area contributed by atoms with Crippen molar-refractivity contribution in [3.63, 3.8) is 0 Å². The molecule has 0 aromatic carbocycles. The molecule has 2 heteroatoms. The van der Waals surface area contributed by atoms with Crippen molar-refractivity contribution >= 4 is 5.78 Å². The molecule has 4 aliphatic carbocycles. The highest BCUT2D eigenvalue weighted by molar-refractivity contribution is 5.93. The van der Waals surface area contributed by atoms with E-state index in [2.05, 4.69) is 13.0 Å². The third kappa shape index (κ3) is 2.55. The molecule has 1 fully saturated rings. The van der Waals surface area contributed by atoms with E-state index in [1.807, 2.05) is 6.08 Å². The Hall–Kier alpha value is -1.15. The Balaban J connectivity index is 1.62. The van der Waals surface area contributed by atoms with Gasteiger partial charge < -0.3 is 5.11 Å². The molecule has 1 saturated carbocycles. The molecular formula is C21H28O2. The molecule has 23 heavy (non-hydrogen) atoms. The van der Waals surface area contributed by atoms with E-state index in [4.69, 9.17) is 5.11 Å². The number of allylic oxidation sites excluding steroid dienone is 6. The quantitative estimate of drug-likeness (QED) is 0.779. The highest BCUT2D eigenvalue weighted by atomic mass is 16.2. The molecule has 3 atom stereocenters. The fraction of sp³-hybridized carbons (Fsp3) is 0.667. The predicted molar refractivity (Wildman–Crippen MR) is 91.9 cm³/mol. The van der Waals surface area contributed by atoms with Crippen LogP contribution >= 0.6 is 0 Å². The first-order valence-corrected chi connectivity index (χ1v) is 9.38. The number of hydrogen-bond donors (Lipinski definition) is 1. The fourth-order valence-electron chi connectivity index (χ4n) is 5.73. The van der Waals surface area contributed by atoms with Crippen molar-refractivity contribution in [3.05, 3.63) is 34.4 Å². The average molecular weight is 312 g/mol. The molecule has 124 valence electrons. The van der Waals surface area contributed by atoms with Crippen LogP contribution in [0, 0.1) is 17.3 Å². The lowest BCUT2D eigenvalue weighted by Gasteiger charge is -2.47. The van der Waals surface area contributed by atoms with Gasteiger partial charge in [-0.1, -0.05) is 24.1 Å². The number of aliphatic hydroxyl groups is 1. The molecule has 0 bridgehead atoms. The number of carbonyl (C=O) groups is 1. The molecule has 2 nitrogen and oxygen atoms in total. The van der Waals surface area contributed by atoms with Crippen LogP contribution in [0.3, 0.4) is 0 Å². The molecule has 0 aromatic rings. The van der Waals surface area contributed by atoms with Gasteiger partial charge in [-0.05, 0) is 85.8 Å². The lowest BCUT2D eigenvalue weighted by Crippen LogP contribution is -2.37. The largest absolute Gasteiger partial charge is 0.396 e. The SMILES string of the molecule is C[C@]12C=C(CCCO)C[C@H]1[C@@H]1CCC3=CC(=O)CCC3=C1CC2. The van der Waals surface area contributed by atoms with Crippen molar-refractivity contribution in [2.45, 2.75) is 64.7 Å². The zero-order valence-electron chi connectivity index (χ0n) is 14.2. The second-order valence-electron chi connectivity index (χ2n) is 8.23. The van der Waals surface area contributed by atoms with Crippen LogP contribution in [-0.4, -0.2) is 17.5 Å². The Morgan fingerprint density at radius 2 is 2.13 bits per heavy atom. The topological polar surface area (TPSA) is 37.3 Å². The van der Waals surface area contributed by atoms with Gasteiger partial charge in [0.1, 0.15) is 0 Å². The van der Waals surface area contributed by atoms with Gasteiger partial charge in [-0.15, -0.1) is 0 Å². The van der Waals surface area contributed by atoms with Gasteiger partial charge in [-0.3, -0.25) is 4.79 Å². The smallest absolute Gasteiger partial charge is 0.156 e. The summed E-state index contributed by atoms with van der Waals surface area (Å²) in [7, 11) is 0. The monoisotopic (exact) mass is 312 g/mol. The van der Waals surface area contributed by atoms with Gasteiger partial charge in [0.2, 0.25) is 0 Å². The summed E-state index contributed by atoms with van der Waals surface area (Å²) in [5.74, 6) is 1.82. The number of carbonyl (C=O) groups excluding carboxylic acids is 1. The van der Waals surface area contributed by atoms with Crippen LogP contribution in [0.4, 0.5) is 0 Å². The summed E-state index contributed by atoms with van der Waals surface area (Å²) in [6.45, 7) is 2.76. The highest BCUT2D eigenvalue weighted by Gasteiger charge is 2.48. The maximum Gasteiger partial charge on any atom is 0.156 e. The Labute approximate surface area is 139 Å². The van der Waals surface area contributed by atoms with E-state index in [-0.39, 0.29) is 0 Å². The van der Waals surface area contributed by atoms with Gasteiger partial charge in [-0.2, -0.15) is 0 Å². The normalized spacial score (nSPS) is 36.2. The predicted octanol–water partition coefficient (Wildman–Crippen LogP) is 4.50. The van der Waals surface area contributed by atoms with Crippen LogP contribution < -0.4 is 0 Å². The standard InChI is InChI=1S/C21H28O2/c1-21-9-8-18-17-7-5-16(23)12-15(17)4-6-19(18)20(21)11-14(13-21)3-2-10-22/h12-13,19-20,22H,2-11H2,1H3/t19-,20+,21+/m1/s1. The van der Waals surface area contributed by atoms with Gasteiger partial charge in [0.15, 0.2) is 5.78 Å². The van der Waals surface area contributed by atoms with Crippen molar-refractivity contribution in [2.75, 3.05) is 6.61 Å². The first kappa shape index (κ1) is 15.4. The second kappa shape index (κ2) is 5.73. The van der Waals surface area contributed by atoms with Crippen LogP contribution in [0.2, 0.25) is 0 Å². The molecule has 4 aliphatic rings. The molecule has 0 saturated heterocycles. The van der Waals surface area contributed by atoms with Crippen LogP contribution in [0.1, 0.15) is 64.7 Å². The van der Waals surface area contributed by atoms with E-state index in [9.17, 15) is 4.79 Å². The maximum atomic E-state index is 11.7. The average Bonchev–Trinajstić information content (AvgIpc) is 2.89. The van der Waals surface area contributed by atoms with Crippen molar-refractivity contribution in [2.24, 2.45) is 17.3 Å². The first-order chi connectivity index (χ1) is 11.1. The number of ketones is 1. The number of rotatable bonds is 3. The van der Waals surface area contributed by atoms with Gasteiger partial charge in [0.25, 0.3) is 0 Å². The van der Waals surface area contributed by atoms with E-state index >= 15 is 0 Å². The second-order valence-corrected chi connectivity index (χ2v) is 8.23. The number of aliphatic hydroxyl groups excluding tert-OH is 1. The minimum Gasteiger partial charge on any atom is -0.396 e. The summed E-state index contributed by atoms with van der Waals surface area (Å²) in [6, 6.07) is 0. The molecule has 4 rings (SSSR count). The Bertz CT molecular complexity index is 622. The zero-order chi connectivity index (χ0) is 16.0. The van der Waals surface area contributed by atoms with E-state index < -0.39 is 0 Å². The lowest BCUT2D eigenvalue weighted by atomic mass is 9.58. The Morgan fingerprint density at radius 1 is 1.26 bits per heavy atom. The van der Waals surface area contributed by atoms with Crippen LogP contribution in [0.25, 0.3) is 0 Å². The van der Waals surface area contributed by atoms with Gasteiger partial charge in [-0.25, -0.2) is 0 Å². The molecule has 0 aromatic heterocycles. The molecule has 0 unspecified atom stereocenters. The van der Waals surface area contributed by atoms with Crippen molar-refractivity contribution in [3.8, 4) is 0 Å². The summed E-state index contributed by atoms with van der Waals surface area (Å²) in [6.07, 6.45) is 14.2. The lowest BCUT2D eigenvalue weighted by molar-refractivity contribution is -0.114. The van der Waals surface area contributed by atoms with Crippen molar-refractivity contribution < 1.29 is 9.90 Å². The maximum absolute atomic E-state index is 11.7. The van der Waals surface area contributed by atoms with Crippen LogP contribution in [0.15, 0.2) is 34.4 Å². The van der Waals surface area contributed by atoms with Crippen molar-refractivity contribution in [1.82, 2.24) is 0 Å². The summed E-state index contributed by atoms with van der Waals surface area (Å²) < 4.78 is 0. The third-order valence-electron chi connectivity index (χ3n) is 6.84. The molecule has 0 amide bonds. The summed E-state index contributed by atoms with van der Waals surface area (Å²) in [5, 5.41) is 9.12. The van der Waals surface area contributed by atoms with E-state index in [0.29, 0.717) is 17.8 Å². The molecule has 1 N–H and O–H groups in total. The third-order valence-corrected chi connectivity index (χ3v) is 6.84. The van der Waals surface area contributed by atoms with Crippen LogP contribution in [0.5, 0.6) is 0 Å². The zero-order valence-corrected chi connectivity index (χ0v) is 14.2. The van der Waals surface area contributed by atoms with Gasteiger partial charge in [0.05, 0.1) is 0 Å². The van der Waals surface area contributed by atoms with E-state index in [1.54, 1.807) is 16.7 Å². The van der Waals surface area contributed by atoms with E-state index in [0.717, 1.165) is 43.9 Å². The fourth-order valence-corrected chi connectivity index (χ4v) is 5.73. The van der Waals surface area contributed by atoms with Gasteiger partial charge in [0, 0.05) is 13.0 Å². The number of fused-ring (bicyclic) bond motifs is 4. The summed E-state index contributed by atoms with van der Waals surface area (Å²) in [4.78, 5) is 11.7. The Morgan fingerprint density at radius 3 is 2.96 bits per heavy atom. The molecule has 0 radical (unpaired) electrons. The molecule has 0 heterocycles. The molecule has 0 aliphatic heterocycles.